The first-order valence-electron chi connectivity index (χ1n) is 5.82. The number of rotatable bonds is 5. The quantitative estimate of drug-likeness (QED) is 0.822. The number of benzene rings is 1. The van der Waals surface area contributed by atoms with Crippen LogP contribution in [0.15, 0.2) is 18.2 Å². The predicted octanol–water partition coefficient (Wildman–Crippen LogP) is 1.07. The van der Waals surface area contributed by atoms with Gasteiger partial charge < -0.3 is 20.5 Å². The van der Waals surface area contributed by atoms with E-state index in [-0.39, 0.29) is 23.1 Å². The van der Waals surface area contributed by atoms with Gasteiger partial charge in [-0.15, -0.1) is 0 Å². The Morgan fingerprint density at radius 3 is 2.78 bits per heavy atom. The summed E-state index contributed by atoms with van der Waals surface area (Å²) >= 11 is 0. The third kappa shape index (κ3) is 3.13. The van der Waals surface area contributed by atoms with E-state index in [1.165, 1.54) is 7.11 Å². The highest BCUT2D eigenvalue weighted by Crippen LogP contribution is 2.30. The van der Waals surface area contributed by atoms with Crippen molar-refractivity contribution in [3.8, 4) is 11.5 Å². The summed E-state index contributed by atoms with van der Waals surface area (Å²) in [6.45, 7) is 3.03. The maximum absolute atomic E-state index is 12.2. The minimum absolute atomic E-state index is 0.128. The molecule has 1 aromatic carbocycles. The smallest absolute Gasteiger partial charge is 0.257 e. The van der Waals surface area contributed by atoms with Crippen LogP contribution in [0.3, 0.4) is 0 Å². The number of hydrogen-bond acceptors (Lipinski definition) is 4. The van der Waals surface area contributed by atoms with Crippen LogP contribution in [0.1, 0.15) is 17.3 Å². The average molecular weight is 252 g/mol. The Bertz CT molecular complexity index is 421. The first-order chi connectivity index (χ1) is 8.51. The zero-order valence-electron chi connectivity index (χ0n) is 11.0. The van der Waals surface area contributed by atoms with E-state index in [1.807, 2.05) is 6.92 Å². The molecule has 1 aromatic rings. The van der Waals surface area contributed by atoms with Gasteiger partial charge in [0.1, 0.15) is 0 Å². The van der Waals surface area contributed by atoms with E-state index in [0.717, 1.165) is 0 Å². The third-order valence-electron chi connectivity index (χ3n) is 2.78. The summed E-state index contributed by atoms with van der Waals surface area (Å²) in [6.07, 6.45) is 0. The molecule has 100 valence electrons. The number of hydrogen-bond donors (Lipinski definition) is 2. The fourth-order valence-corrected chi connectivity index (χ4v) is 1.69. The molecule has 0 heterocycles. The highest BCUT2D eigenvalue weighted by Gasteiger charge is 2.19. The normalized spacial score (nSPS) is 12.0. The summed E-state index contributed by atoms with van der Waals surface area (Å²) in [4.78, 5) is 13.7. The number of carbonyl (C=O) groups is 1. The van der Waals surface area contributed by atoms with Gasteiger partial charge >= 0.3 is 0 Å². The highest BCUT2D eigenvalue weighted by molar-refractivity contribution is 5.97. The van der Waals surface area contributed by atoms with Crippen LogP contribution in [0.4, 0.5) is 0 Å². The summed E-state index contributed by atoms with van der Waals surface area (Å²) in [5.74, 6) is 0.136. The second-order valence-electron chi connectivity index (χ2n) is 4.38. The predicted molar refractivity (Wildman–Crippen MR) is 69.8 cm³/mol. The number of carbonyl (C=O) groups excluding carboxylic acids is 1. The summed E-state index contributed by atoms with van der Waals surface area (Å²) in [5, 5.41) is 9.90. The van der Waals surface area contributed by atoms with E-state index in [9.17, 15) is 9.90 Å². The van der Waals surface area contributed by atoms with Gasteiger partial charge in [-0.3, -0.25) is 4.79 Å². The van der Waals surface area contributed by atoms with Crippen LogP contribution in [0.2, 0.25) is 0 Å². The Labute approximate surface area is 107 Å². The van der Waals surface area contributed by atoms with Crippen molar-refractivity contribution in [1.29, 1.82) is 0 Å². The highest BCUT2D eigenvalue weighted by atomic mass is 16.5. The molecule has 0 aliphatic carbocycles. The Morgan fingerprint density at radius 1 is 1.56 bits per heavy atom. The fraction of sp³-hybridized carbons (Fsp3) is 0.462. The van der Waals surface area contributed by atoms with Crippen molar-refractivity contribution < 1.29 is 14.6 Å². The number of methoxy groups -OCH3 is 1. The Balaban J connectivity index is 2.90. The maximum Gasteiger partial charge on any atom is 0.257 e. The van der Waals surface area contributed by atoms with Crippen LogP contribution in [0.5, 0.6) is 11.5 Å². The molecule has 0 aliphatic rings. The minimum Gasteiger partial charge on any atom is -0.504 e. The molecule has 1 amide bonds. The van der Waals surface area contributed by atoms with Gasteiger partial charge in [0, 0.05) is 13.6 Å². The minimum atomic E-state index is -0.244. The molecule has 0 saturated carbocycles. The lowest BCUT2D eigenvalue weighted by Crippen LogP contribution is -2.33. The zero-order chi connectivity index (χ0) is 13.7. The molecular weight excluding hydrogens is 232 g/mol. The number of phenolic OH excluding ortho intramolecular Hbond substituents is 1. The molecule has 0 aliphatic heterocycles. The zero-order valence-corrected chi connectivity index (χ0v) is 11.0. The molecule has 18 heavy (non-hydrogen) atoms. The van der Waals surface area contributed by atoms with Gasteiger partial charge in [0.25, 0.3) is 5.91 Å². The van der Waals surface area contributed by atoms with E-state index in [4.69, 9.17) is 10.5 Å². The van der Waals surface area contributed by atoms with E-state index < -0.39 is 0 Å². The molecule has 5 heteroatoms. The Kier molecular flexibility index (Phi) is 4.97. The van der Waals surface area contributed by atoms with Crippen LogP contribution in [0.25, 0.3) is 0 Å². The van der Waals surface area contributed by atoms with Crippen molar-refractivity contribution in [2.45, 2.75) is 6.92 Å². The average Bonchev–Trinajstić information content (AvgIpc) is 2.38. The Hall–Kier alpha value is -1.75. The number of ether oxygens (including phenoxy) is 1. The summed E-state index contributed by atoms with van der Waals surface area (Å²) in [7, 11) is 3.14. The molecule has 0 saturated heterocycles. The first-order valence-corrected chi connectivity index (χ1v) is 5.82. The van der Waals surface area contributed by atoms with Gasteiger partial charge in [0.15, 0.2) is 11.5 Å². The number of nitrogens with zero attached hydrogens (tertiary/aromatic N) is 1. The van der Waals surface area contributed by atoms with Crippen LogP contribution in [-0.2, 0) is 0 Å². The van der Waals surface area contributed by atoms with Gasteiger partial charge in [-0.2, -0.15) is 0 Å². The SMILES string of the molecule is COc1cccc(C(=O)N(C)CC(C)CN)c1O. The maximum atomic E-state index is 12.2. The molecule has 0 bridgehead atoms. The van der Waals surface area contributed by atoms with E-state index in [0.29, 0.717) is 18.8 Å². The van der Waals surface area contributed by atoms with Crippen molar-refractivity contribution in [1.82, 2.24) is 4.90 Å². The molecule has 0 aromatic heterocycles. The lowest BCUT2D eigenvalue weighted by Gasteiger charge is -2.21. The molecule has 1 rings (SSSR count). The monoisotopic (exact) mass is 252 g/mol. The van der Waals surface area contributed by atoms with Gasteiger partial charge in [-0.25, -0.2) is 0 Å². The number of nitrogens with two attached hydrogens (primary N) is 1. The van der Waals surface area contributed by atoms with Crippen molar-refractivity contribution in [2.24, 2.45) is 11.7 Å². The number of para-hydroxylation sites is 1. The van der Waals surface area contributed by atoms with Crippen LogP contribution >= 0.6 is 0 Å². The van der Waals surface area contributed by atoms with Crippen molar-refractivity contribution in [2.75, 3.05) is 27.2 Å². The third-order valence-corrected chi connectivity index (χ3v) is 2.78. The van der Waals surface area contributed by atoms with Gasteiger partial charge in [-0.1, -0.05) is 13.0 Å². The second-order valence-corrected chi connectivity index (χ2v) is 4.38. The molecule has 3 N–H and O–H groups in total. The largest absolute Gasteiger partial charge is 0.504 e. The molecule has 1 atom stereocenters. The van der Waals surface area contributed by atoms with Crippen LogP contribution in [-0.4, -0.2) is 43.2 Å². The molecule has 5 nitrogen and oxygen atoms in total. The van der Waals surface area contributed by atoms with Crippen molar-refractivity contribution in [3.63, 3.8) is 0 Å². The van der Waals surface area contributed by atoms with Gasteiger partial charge in [-0.05, 0) is 24.6 Å². The summed E-state index contributed by atoms with van der Waals surface area (Å²) in [5.41, 5.74) is 5.76. The van der Waals surface area contributed by atoms with Gasteiger partial charge in [0.05, 0.1) is 12.7 Å². The number of amides is 1. The van der Waals surface area contributed by atoms with Gasteiger partial charge in [0.2, 0.25) is 0 Å². The fourth-order valence-electron chi connectivity index (χ4n) is 1.69. The van der Waals surface area contributed by atoms with Crippen molar-refractivity contribution >= 4 is 5.91 Å². The number of aromatic hydroxyl groups is 1. The molecular formula is C13H20N2O3. The summed E-state index contributed by atoms with van der Waals surface area (Å²) < 4.78 is 4.98. The summed E-state index contributed by atoms with van der Waals surface area (Å²) in [6, 6.07) is 4.85. The molecule has 0 radical (unpaired) electrons. The standard InChI is InChI=1S/C13H20N2O3/c1-9(7-14)8-15(2)13(17)10-5-4-6-11(18-3)12(10)16/h4-6,9,16H,7-8,14H2,1-3H3. The van der Waals surface area contributed by atoms with Crippen LogP contribution < -0.4 is 10.5 Å². The molecule has 1 unspecified atom stereocenters. The Morgan fingerprint density at radius 2 is 2.22 bits per heavy atom. The lowest BCUT2D eigenvalue weighted by molar-refractivity contribution is 0.0774. The van der Waals surface area contributed by atoms with Crippen LogP contribution in [0, 0.1) is 5.92 Å². The first kappa shape index (κ1) is 14.3. The van der Waals surface area contributed by atoms with E-state index in [1.54, 1.807) is 30.1 Å². The van der Waals surface area contributed by atoms with E-state index in [2.05, 4.69) is 0 Å². The molecule has 0 spiro atoms. The number of phenols is 1. The van der Waals surface area contributed by atoms with E-state index >= 15 is 0 Å². The lowest BCUT2D eigenvalue weighted by atomic mass is 10.1. The molecule has 0 fully saturated rings. The second kappa shape index (κ2) is 6.26. The van der Waals surface area contributed by atoms with Crippen molar-refractivity contribution in [3.05, 3.63) is 23.8 Å². The topological polar surface area (TPSA) is 75.8 Å².